The number of benzene rings is 1. The van der Waals surface area contributed by atoms with Crippen LogP contribution in [0.2, 0.25) is 0 Å². The van der Waals surface area contributed by atoms with Crippen molar-refractivity contribution in [3.05, 3.63) is 30.6 Å². The first-order valence-electron chi connectivity index (χ1n) is 7.35. The topological polar surface area (TPSA) is 66.9 Å². The van der Waals surface area contributed by atoms with E-state index in [1.165, 1.54) is 0 Å². The minimum Gasteiger partial charge on any atom is -0.325 e. The van der Waals surface area contributed by atoms with Crippen molar-refractivity contribution in [1.29, 1.82) is 0 Å². The van der Waals surface area contributed by atoms with Crippen molar-refractivity contribution in [3.8, 4) is 0 Å². The molecule has 1 fully saturated rings. The standard InChI is InChI=1S/C16H20N4O/c1-11(2)16(5-6-17-10-16)15(21)20-12-3-4-13-14(9-12)19-8-7-18-13/h3-4,7-9,11,17H,5-6,10H2,1-2H3,(H,20,21). The van der Waals surface area contributed by atoms with Crippen LogP contribution in [0.5, 0.6) is 0 Å². The third-order valence-corrected chi connectivity index (χ3v) is 4.47. The molecule has 3 rings (SSSR count). The lowest BCUT2D eigenvalue weighted by Gasteiger charge is -2.31. The maximum Gasteiger partial charge on any atom is 0.232 e. The van der Waals surface area contributed by atoms with Gasteiger partial charge in [-0.3, -0.25) is 14.8 Å². The van der Waals surface area contributed by atoms with E-state index in [0.717, 1.165) is 36.2 Å². The largest absolute Gasteiger partial charge is 0.325 e. The molecule has 0 radical (unpaired) electrons. The minimum atomic E-state index is -0.322. The molecule has 1 aromatic carbocycles. The van der Waals surface area contributed by atoms with Crippen LogP contribution in [0.3, 0.4) is 0 Å². The van der Waals surface area contributed by atoms with Gasteiger partial charge in [-0.15, -0.1) is 0 Å². The second-order valence-electron chi connectivity index (χ2n) is 5.95. The monoisotopic (exact) mass is 284 g/mol. The highest BCUT2D eigenvalue weighted by atomic mass is 16.2. The Kier molecular flexibility index (Phi) is 3.59. The highest BCUT2D eigenvalue weighted by Gasteiger charge is 2.43. The normalized spacial score (nSPS) is 21.9. The number of hydrogen-bond donors (Lipinski definition) is 2. The third-order valence-electron chi connectivity index (χ3n) is 4.47. The summed E-state index contributed by atoms with van der Waals surface area (Å²) in [6, 6.07) is 5.63. The fraction of sp³-hybridized carbons (Fsp3) is 0.438. The Hall–Kier alpha value is -2.01. The number of anilines is 1. The molecular formula is C16H20N4O. The molecule has 21 heavy (non-hydrogen) atoms. The van der Waals surface area contributed by atoms with E-state index in [-0.39, 0.29) is 11.3 Å². The van der Waals surface area contributed by atoms with Crippen LogP contribution in [-0.2, 0) is 4.79 Å². The third kappa shape index (κ3) is 2.49. The smallest absolute Gasteiger partial charge is 0.232 e. The fourth-order valence-electron chi connectivity index (χ4n) is 2.96. The van der Waals surface area contributed by atoms with Crippen molar-refractivity contribution in [3.63, 3.8) is 0 Å². The first-order valence-corrected chi connectivity index (χ1v) is 7.35. The Morgan fingerprint density at radius 3 is 2.71 bits per heavy atom. The molecule has 5 heteroatoms. The fourth-order valence-corrected chi connectivity index (χ4v) is 2.96. The van der Waals surface area contributed by atoms with E-state index < -0.39 is 0 Å². The number of aromatic nitrogens is 2. The zero-order valence-corrected chi connectivity index (χ0v) is 12.4. The molecule has 1 amide bonds. The van der Waals surface area contributed by atoms with E-state index in [2.05, 4.69) is 34.4 Å². The Bertz CT molecular complexity index is 662. The van der Waals surface area contributed by atoms with Crippen molar-refractivity contribution in [2.75, 3.05) is 18.4 Å². The molecule has 2 N–H and O–H groups in total. The Labute approximate surface area is 124 Å². The van der Waals surface area contributed by atoms with Gasteiger partial charge in [-0.2, -0.15) is 0 Å². The van der Waals surface area contributed by atoms with Gasteiger partial charge in [0.25, 0.3) is 0 Å². The number of hydrogen-bond acceptors (Lipinski definition) is 4. The molecule has 1 atom stereocenters. The van der Waals surface area contributed by atoms with E-state index in [4.69, 9.17) is 0 Å². The molecule has 1 saturated heterocycles. The minimum absolute atomic E-state index is 0.0886. The summed E-state index contributed by atoms with van der Waals surface area (Å²) in [6.45, 7) is 5.86. The molecule has 1 aliphatic heterocycles. The summed E-state index contributed by atoms with van der Waals surface area (Å²) in [4.78, 5) is 21.2. The van der Waals surface area contributed by atoms with Crippen molar-refractivity contribution >= 4 is 22.6 Å². The molecule has 5 nitrogen and oxygen atoms in total. The number of nitrogens with one attached hydrogen (secondary N) is 2. The van der Waals surface area contributed by atoms with Crippen LogP contribution >= 0.6 is 0 Å². The number of amides is 1. The van der Waals surface area contributed by atoms with Crippen LogP contribution in [0, 0.1) is 11.3 Å². The van der Waals surface area contributed by atoms with E-state index in [9.17, 15) is 4.79 Å². The quantitative estimate of drug-likeness (QED) is 0.907. The summed E-state index contributed by atoms with van der Waals surface area (Å²) in [5.74, 6) is 0.387. The molecule has 0 aliphatic carbocycles. The van der Waals surface area contributed by atoms with E-state index >= 15 is 0 Å². The second kappa shape index (κ2) is 5.41. The number of fused-ring (bicyclic) bond motifs is 1. The van der Waals surface area contributed by atoms with Crippen LogP contribution in [0.15, 0.2) is 30.6 Å². The zero-order chi connectivity index (χ0) is 14.9. The van der Waals surface area contributed by atoms with Crippen LogP contribution in [0.4, 0.5) is 5.69 Å². The molecule has 0 spiro atoms. The van der Waals surface area contributed by atoms with E-state index in [0.29, 0.717) is 5.92 Å². The highest BCUT2D eigenvalue weighted by Crippen LogP contribution is 2.35. The molecule has 1 aliphatic rings. The second-order valence-corrected chi connectivity index (χ2v) is 5.95. The maximum absolute atomic E-state index is 12.7. The summed E-state index contributed by atoms with van der Waals surface area (Å²) in [6.07, 6.45) is 4.20. The Balaban J connectivity index is 1.85. The number of nitrogens with zero attached hydrogens (tertiary/aromatic N) is 2. The van der Waals surface area contributed by atoms with Gasteiger partial charge in [-0.1, -0.05) is 13.8 Å². The first kappa shape index (κ1) is 13.9. The van der Waals surface area contributed by atoms with Gasteiger partial charge in [0.15, 0.2) is 0 Å². The number of rotatable bonds is 3. The van der Waals surface area contributed by atoms with Crippen molar-refractivity contribution in [2.45, 2.75) is 20.3 Å². The molecular weight excluding hydrogens is 264 g/mol. The van der Waals surface area contributed by atoms with Crippen LogP contribution in [0.1, 0.15) is 20.3 Å². The molecule has 0 bridgehead atoms. The van der Waals surface area contributed by atoms with Gasteiger partial charge in [0, 0.05) is 24.6 Å². The molecule has 110 valence electrons. The average molecular weight is 284 g/mol. The lowest BCUT2D eigenvalue weighted by molar-refractivity contribution is -0.126. The summed E-state index contributed by atoms with van der Waals surface area (Å²) < 4.78 is 0. The predicted molar refractivity (Wildman–Crippen MR) is 82.9 cm³/mol. The summed E-state index contributed by atoms with van der Waals surface area (Å²) in [5, 5.41) is 6.36. The van der Waals surface area contributed by atoms with Gasteiger partial charge in [0.1, 0.15) is 0 Å². The Morgan fingerprint density at radius 1 is 1.29 bits per heavy atom. The summed E-state index contributed by atoms with van der Waals surface area (Å²) >= 11 is 0. The molecule has 0 saturated carbocycles. The summed E-state index contributed by atoms with van der Waals surface area (Å²) in [5.41, 5.74) is 2.08. The van der Waals surface area contributed by atoms with Gasteiger partial charge in [-0.25, -0.2) is 0 Å². The average Bonchev–Trinajstić information content (AvgIpc) is 2.98. The van der Waals surface area contributed by atoms with Crippen LogP contribution < -0.4 is 10.6 Å². The van der Waals surface area contributed by atoms with Gasteiger partial charge in [0.05, 0.1) is 16.4 Å². The van der Waals surface area contributed by atoms with Gasteiger partial charge < -0.3 is 10.6 Å². The van der Waals surface area contributed by atoms with E-state index in [1.54, 1.807) is 12.4 Å². The number of carbonyl (C=O) groups is 1. The predicted octanol–water partition coefficient (Wildman–Crippen LogP) is 2.20. The Morgan fingerprint density at radius 2 is 2.05 bits per heavy atom. The summed E-state index contributed by atoms with van der Waals surface area (Å²) in [7, 11) is 0. The zero-order valence-electron chi connectivity index (χ0n) is 12.4. The first-order chi connectivity index (χ1) is 10.1. The molecule has 1 unspecified atom stereocenters. The lowest BCUT2D eigenvalue weighted by Crippen LogP contribution is -2.42. The van der Waals surface area contributed by atoms with Crippen molar-refractivity contribution in [2.24, 2.45) is 11.3 Å². The number of carbonyl (C=O) groups excluding carboxylic acids is 1. The van der Waals surface area contributed by atoms with E-state index in [1.807, 2.05) is 18.2 Å². The van der Waals surface area contributed by atoms with Gasteiger partial charge in [0.2, 0.25) is 5.91 Å². The van der Waals surface area contributed by atoms with Crippen LogP contribution in [-0.4, -0.2) is 29.0 Å². The molecule has 2 heterocycles. The highest BCUT2D eigenvalue weighted by molar-refractivity contribution is 5.97. The van der Waals surface area contributed by atoms with Gasteiger partial charge >= 0.3 is 0 Å². The molecule has 1 aromatic heterocycles. The molecule has 2 aromatic rings. The lowest BCUT2D eigenvalue weighted by atomic mass is 9.75. The maximum atomic E-state index is 12.7. The van der Waals surface area contributed by atoms with Gasteiger partial charge in [-0.05, 0) is 37.1 Å². The van der Waals surface area contributed by atoms with Crippen LogP contribution in [0.25, 0.3) is 11.0 Å². The van der Waals surface area contributed by atoms with Crippen molar-refractivity contribution in [1.82, 2.24) is 15.3 Å². The van der Waals surface area contributed by atoms with Crippen molar-refractivity contribution < 1.29 is 4.79 Å². The SMILES string of the molecule is CC(C)C1(C(=O)Nc2ccc3nccnc3c2)CCNC1.